The fourth-order valence-corrected chi connectivity index (χ4v) is 12.6. The first-order valence-electron chi connectivity index (χ1n) is 34.3. The van der Waals surface area contributed by atoms with Gasteiger partial charge in [-0.05, 0) is 64.2 Å². The maximum Gasteiger partial charge on any atom is 0.187 e. The van der Waals surface area contributed by atoms with Crippen molar-refractivity contribution in [3.63, 3.8) is 0 Å². The average molecular weight is 1350 g/mol. The molecule has 1 unspecified atom stereocenters. The van der Waals surface area contributed by atoms with Crippen molar-refractivity contribution in [3.05, 3.63) is 298 Å². The van der Waals surface area contributed by atoms with E-state index in [1.165, 1.54) is 0 Å². The highest BCUT2D eigenvalue weighted by molar-refractivity contribution is 5.21. The van der Waals surface area contributed by atoms with Crippen LogP contribution in [0.3, 0.4) is 0 Å². The Morgan fingerprint density at radius 1 is 0.374 bits per heavy atom. The minimum absolute atomic E-state index is 0.0659. The van der Waals surface area contributed by atoms with Gasteiger partial charge < -0.3 is 75.8 Å². The topological polar surface area (TPSA) is 196 Å². The molecule has 4 aliphatic rings. The van der Waals surface area contributed by atoms with Crippen LogP contribution in [0.25, 0.3) is 10.4 Å². The summed E-state index contributed by atoms with van der Waals surface area (Å²) >= 11 is 0. The molecule has 12 rings (SSSR count). The van der Waals surface area contributed by atoms with Crippen molar-refractivity contribution >= 4 is 0 Å². The second-order valence-corrected chi connectivity index (χ2v) is 24.9. The zero-order chi connectivity index (χ0) is 67.5. The van der Waals surface area contributed by atoms with Gasteiger partial charge in [-0.2, -0.15) is 0 Å². The smallest absolute Gasteiger partial charge is 0.187 e. The van der Waals surface area contributed by atoms with Crippen LogP contribution in [0, 0.1) is 0 Å². The molecule has 8 aromatic rings. The van der Waals surface area contributed by atoms with Gasteiger partial charge in [-0.15, -0.1) is 0 Å². The molecule has 0 radical (unpaired) electrons. The number of nitrogens with zero attached hydrogens (tertiary/aromatic N) is 3. The van der Waals surface area contributed by atoms with Crippen molar-refractivity contribution < 1.29 is 75.8 Å². The Balaban J connectivity index is 0.960. The van der Waals surface area contributed by atoms with Gasteiger partial charge in [0.2, 0.25) is 0 Å². The fraction of sp³-hybridized carbons (Fsp3) is 0.400. The van der Waals surface area contributed by atoms with Crippen LogP contribution < -0.4 is 0 Å². The summed E-state index contributed by atoms with van der Waals surface area (Å²) in [6.45, 7) is 4.83. The van der Waals surface area contributed by atoms with E-state index < -0.39 is 98.4 Å². The molecule has 4 fully saturated rings. The van der Waals surface area contributed by atoms with E-state index >= 15 is 0 Å². The van der Waals surface area contributed by atoms with Crippen molar-refractivity contribution in [1.82, 2.24) is 0 Å². The van der Waals surface area contributed by atoms with Gasteiger partial charge >= 0.3 is 0 Å². The monoisotopic (exact) mass is 1350 g/mol. The molecule has 0 saturated carbocycles. The van der Waals surface area contributed by atoms with Crippen LogP contribution in [0.4, 0.5) is 0 Å². The molecule has 4 saturated heterocycles. The standard InChI is InChI=1S/C80H89N3O16/c1-57-68(87-49-59-30-12-3-13-31-59)71(89-51-61-34-16-5-17-35-61)74(91-53-63-38-20-7-21-39-63)79(94-57)99-76-73(70-67(56-93-77(97-70)65-42-24-9-25-43-65)95-78(76)86-47-27-46-84-45-26-44-82-83-81)98-80-75(92-54-64-40-22-8-23-41-64)72(90-52-62-36-18-6-19-37-62)69(88-50-60-32-14-4-15-33-60)66(96-80)55-85-48-58-28-10-2-11-29-58/h2-25,28-43,57,66-80H,26-27,44-56H2,1H3/t57-,66+,67+,68+,69-,70-,71+,72-,73-,74-,75+,76+,77?,78+,79-,80+/m0/s1. The first kappa shape index (κ1) is 71.3. The lowest BCUT2D eigenvalue weighted by atomic mass is 9.94. The highest BCUT2D eigenvalue weighted by Crippen LogP contribution is 2.42. The summed E-state index contributed by atoms with van der Waals surface area (Å²) < 4.78 is 114. The van der Waals surface area contributed by atoms with Crippen LogP contribution >= 0.6 is 0 Å². The van der Waals surface area contributed by atoms with Gasteiger partial charge in [0.1, 0.15) is 67.1 Å². The molecule has 520 valence electrons. The van der Waals surface area contributed by atoms with Crippen LogP contribution in [0.2, 0.25) is 0 Å². The molecule has 16 atom stereocenters. The van der Waals surface area contributed by atoms with E-state index in [-0.39, 0.29) is 66.1 Å². The van der Waals surface area contributed by atoms with Crippen LogP contribution in [0.5, 0.6) is 0 Å². The highest BCUT2D eigenvalue weighted by atomic mass is 16.8. The molecule has 19 nitrogen and oxygen atoms in total. The van der Waals surface area contributed by atoms with E-state index in [1.54, 1.807) is 0 Å². The van der Waals surface area contributed by atoms with Crippen LogP contribution in [0.15, 0.2) is 248 Å². The SMILES string of the molecule is C[C@@H]1O[C@@H](O[C@H]2[C@H](OCCCOCCCN=[N+]=[N-])O[C@@H]3COC(c4ccccc4)O[C@@H]3[C@@H]2O[C@H]2O[C@H](COCc3ccccc3)[C@H](OCc3ccccc3)[C@H](OCc3ccccc3)[C@H]2OCc2ccccc2)[C@@H](OCc2ccccc2)[C@H](OCc2ccccc2)[C@@H]1OCc1ccccc1. The van der Waals surface area contributed by atoms with Crippen molar-refractivity contribution in [3.8, 4) is 0 Å². The first-order valence-corrected chi connectivity index (χ1v) is 34.3. The van der Waals surface area contributed by atoms with Crippen LogP contribution in [-0.2, 0) is 122 Å². The summed E-state index contributed by atoms with van der Waals surface area (Å²) in [4.78, 5) is 2.89. The molecule has 4 aliphatic heterocycles. The van der Waals surface area contributed by atoms with E-state index in [2.05, 4.69) is 10.0 Å². The van der Waals surface area contributed by atoms with E-state index in [1.807, 2.05) is 250 Å². The molecule has 0 N–H and O–H groups in total. The molecule has 19 heteroatoms. The van der Waals surface area contributed by atoms with Gasteiger partial charge in [-0.25, -0.2) is 0 Å². The Kier molecular flexibility index (Phi) is 27.6. The van der Waals surface area contributed by atoms with Gasteiger partial charge in [-0.1, -0.05) is 248 Å². The Morgan fingerprint density at radius 3 is 1.26 bits per heavy atom. The third-order valence-corrected chi connectivity index (χ3v) is 17.7. The molecule has 0 bridgehead atoms. The molecule has 4 heterocycles. The number of azide groups is 1. The van der Waals surface area contributed by atoms with Crippen LogP contribution in [-0.4, -0.2) is 132 Å². The highest BCUT2D eigenvalue weighted by Gasteiger charge is 2.58. The Bertz CT molecular complexity index is 3580. The summed E-state index contributed by atoms with van der Waals surface area (Å²) in [5.41, 5.74) is 16.3. The second-order valence-electron chi connectivity index (χ2n) is 24.9. The number of ether oxygens (including phenoxy) is 16. The minimum atomic E-state index is -1.26. The Labute approximate surface area is 579 Å². The zero-order valence-electron chi connectivity index (χ0n) is 55.8. The first-order chi connectivity index (χ1) is 49.0. The number of fused-ring (bicyclic) bond motifs is 1. The predicted molar refractivity (Wildman–Crippen MR) is 368 cm³/mol. The lowest BCUT2D eigenvalue weighted by Crippen LogP contribution is -2.69. The van der Waals surface area contributed by atoms with Gasteiger partial charge in [0.25, 0.3) is 0 Å². The summed E-state index contributed by atoms with van der Waals surface area (Å²) in [5, 5.41) is 3.67. The largest absolute Gasteiger partial charge is 0.381 e. The Morgan fingerprint density at radius 2 is 0.778 bits per heavy atom. The molecule has 0 spiro atoms. The summed E-state index contributed by atoms with van der Waals surface area (Å²) in [7, 11) is 0. The van der Waals surface area contributed by atoms with E-state index in [4.69, 9.17) is 81.3 Å². The maximum atomic E-state index is 8.89. The van der Waals surface area contributed by atoms with Gasteiger partial charge in [0.05, 0.1) is 72.2 Å². The Hall–Kier alpha value is -7.57. The minimum Gasteiger partial charge on any atom is -0.381 e. The second kappa shape index (κ2) is 38.3. The van der Waals surface area contributed by atoms with Crippen molar-refractivity contribution in [2.45, 2.75) is 164 Å². The van der Waals surface area contributed by atoms with E-state index in [9.17, 15) is 0 Å². The summed E-state index contributed by atoms with van der Waals surface area (Å²) in [6, 6.07) is 79.7. The number of hydrogen-bond acceptors (Lipinski definition) is 17. The summed E-state index contributed by atoms with van der Waals surface area (Å²) in [5.74, 6) is 0. The van der Waals surface area contributed by atoms with Crippen molar-refractivity contribution in [1.29, 1.82) is 0 Å². The van der Waals surface area contributed by atoms with E-state index in [0.717, 1.165) is 44.5 Å². The molecule has 0 aromatic heterocycles. The molecule has 0 amide bonds. The molecular formula is C80H89N3O16. The quantitative estimate of drug-likeness (QED) is 0.0155. The number of benzene rings is 8. The van der Waals surface area contributed by atoms with Gasteiger partial charge in [-0.3, -0.25) is 0 Å². The number of rotatable bonds is 36. The average Bonchev–Trinajstić information content (AvgIpc) is 0.756. The molecular weight excluding hydrogens is 1260 g/mol. The third kappa shape index (κ3) is 20.8. The molecule has 99 heavy (non-hydrogen) atoms. The van der Waals surface area contributed by atoms with Crippen molar-refractivity contribution in [2.75, 3.05) is 39.6 Å². The predicted octanol–water partition coefficient (Wildman–Crippen LogP) is 13.9. The third-order valence-electron chi connectivity index (χ3n) is 17.7. The fourth-order valence-electron chi connectivity index (χ4n) is 12.6. The zero-order valence-corrected chi connectivity index (χ0v) is 55.8. The molecule has 0 aliphatic carbocycles. The molecule has 8 aromatic carbocycles. The van der Waals surface area contributed by atoms with Gasteiger partial charge in [0, 0.05) is 30.2 Å². The number of hydrogen-bond donors (Lipinski definition) is 0. The maximum absolute atomic E-state index is 8.89. The van der Waals surface area contributed by atoms with Crippen molar-refractivity contribution in [2.24, 2.45) is 5.11 Å². The van der Waals surface area contributed by atoms with Crippen LogP contribution in [0.1, 0.15) is 70.6 Å². The normalized spacial score (nSPS) is 26.8. The lowest BCUT2D eigenvalue weighted by molar-refractivity contribution is -0.419. The van der Waals surface area contributed by atoms with E-state index in [0.29, 0.717) is 32.6 Å². The van der Waals surface area contributed by atoms with Gasteiger partial charge in [0.15, 0.2) is 25.2 Å². The summed E-state index contributed by atoms with van der Waals surface area (Å²) in [6.07, 6.45) is -14.1. The lowest BCUT2D eigenvalue weighted by Gasteiger charge is -2.53.